The van der Waals surface area contributed by atoms with Crippen molar-refractivity contribution in [3.8, 4) is 0 Å². The van der Waals surface area contributed by atoms with Crippen LogP contribution in [0.3, 0.4) is 0 Å². The zero-order valence-electron chi connectivity index (χ0n) is 65.8. The van der Waals surface area contributed by atoms with Crippen molar-refractivity contribution in [1.82, 2.24) is 0 Å². The van der Waals surface area contributed by atoms with Gasteiger partial charge in [-0.3, -0.25) is 37.3 Å². The van der Waals surface area contributed by atoms with Crippen LogP contribution in [0.1, 0.15) is 415 Å². The van der Waals surface area contributed by atoms with Crippen molar-refractivity contribution in [2.24, 2.45) is 23.7 Å². The molecule has 17 nitrogen and oxygen atoms in total. The molecule has 0 heterocycles. The lowest BCUT2D eigenvalue weighted by Gasteiger charge is -2.21. The second-order valence-electron chi connectivity index (χ2n) is 30.4. The molecule has 0 aromatic heterocycles. The number of rotatable bonds is 78. The lowest BCUT2D eigenvalue weighted by Crippen LogP contribution is -2.30. The molecule has 0 radical (unpaired) electrons. The molecular weight excluding hydrogens is 1310 g/mol. The molecule has 594 valence electrons. The van der Waals surface area contributed by atoms with Gasteiger partial charge in [0.2, 0.25) is 0 Å². The van der Waals surface area contributed by atoms with Crippen LogP contribution in [0.25, 0.3) is 0 Å². The number of ether oxygens (including phenoxy) is 4. The average Bonchev–Trinajstić information content (AvgIpc) is 0.977. The standard InChI is InChI=1S/C81H158O17P2/c1-9-72(6)58-50-42-34-26-20-16-12-13-17-22-29-39-47-55-63-80(85)97-76(67-91-78(83)61-53-45-37-28-21-18-14-15-19-25-33-41-49-57-71(4)5)69-95-99(87,88)93-65-75(82)66-94-100(89,90)96-70-77(68-92-79(84)62-54-46-38-32-31-36-44-52-60-74(8)11-3)98-81(86)64-56-48-40-30-24-23-27-35-43-51-59-73(7)10-2/h71-77,82H,9-70H2,1-8H3,(H,87,88)(H,89,90)/t72?,73?,74?,75-,76-,77-/m1/s1. The molecule has 8 atom stereocenters. The predicted octanol–water partition coefficient (Wildman–Crippen LogP) is 24.0. The third kappa shape index (κ3) is 70.4. The molecule has 0 saturated heterocycles. The number of hydrogen-bond acceptors (Lipinski definition) is 15. The fraction of sp³-hybridized carbons (Fsp3) is 0.951. The van der Waals surface area contributed by atoms with Crippen molar-refractivity contribution < 1.29 is 80.2 Å². The average molecular weight is 1470 g/mol. The maximum absolute atomic E-state index is 13.1. The van der Waals surface area contributed by atoms with Crippen LogP contribution in [0.5, 0.6) is 0 Å². The zero-order valence-corrected chi connectivity index (χ0v) is 67.6. The van der Waals surface area contributed by atoms with E-state index in [1.165, 1.54) is 218 Å². The summed E-state index contributed by atoms with van der Waals surface area (Å²) in [5.41, 5.74) is 0. The number of unbranched alkanes of at least 4 members (excludes halogenated alkanes) is 41. The number of carbonyl (C=O) groups is 4. The largest absolute Gasteiger partial charge is 0.472 e. The highest BCUT2D eigenvalue weighted by molar-refractivity contribution is 7.47. The number of esters is 4. The first-order chi connectivity index (χ1) is 48.2. The quantitative estimate of drug-likeness (QED) is 0.0222. The van der Waals surface area contributed by atoms with Crippen LogP contribution < -0.4 is 0 Å². The van der Waals surface area contributed by atoms with E-state index in [1.807, 2.05) is 0 Å². The highest BCUT2D eigenvalue weighted by Gasteiger charge is 2.30. The Morgan fingerprint density at radius 1 is 0.280 bits per heavy atom. The van der Waals surface area contributed by atoms with Crippen molar-refractivity contribution in [2.45, 2.75) is 433 Å². The lowest BCUT2D eigenvalue weighted by atomic mass is 9.99. The molecule has 3 N–H and O–H groups in total. The maximum atomic E-state index is 13.1. The Balaban J connectivity index is 5.28. The number of phosphoric acid groups is 2. The summed E-state index contributed by atoms with van der Waals surface area (Å²) in [5, 5.41) is 10.6. The summed E-state index contributed by atoms with van der Waals surface area (Å²) in [7, 11) is -9.92. The van der Waals surface area contributed by atoms with Gasteiger partial charge in [0.1, 0.15) is 19.3 Å². The van der Waals surface area contributed by atoms with Gasteiger partial charge < -0.3 is 33.8 Å². The van der Waals surface area contributed by atoms with Gasteiger partial charge in [0.15, 0.2) is 12.2 Å². The van der Waals surface area contributed by atoms with Crippen molar-refractivity contribution in [3.63, 3.8) is 0 Å². The van der Waals surface area contributed by atoms with E-state index in [0.717, 1.165) is 114 Å². The van der Waals surface area contributed by atoms with E-state index >= 15 is 0 Å². The van der Waals surface area contributed by atoms with Gasteiger partial charge in [-0.2, -0.15) is 0 Å². The minimum atomic E-state index is -4.96. The van der Waals surface area contributed by atoms with Crippen molar-refractivity contribution in [3.05, 3.63) is 0 Å². The Labute approximate surface area is 613 Å². The third-order valence-electron chi connectivity index (χ3n) is 19.9. The van der Waals surface area contributed by atoms with Gasteiger partial charge in [0.05, 0.1) is 26.4 Å². The molecule has 0 aliphatic heterocycles. The minimum absolute atomic E-state index is 0.106. The van der Waals surface area contributed by atoms with Gasteiger partial charge >= 0.3 is 39.5 Å². The number of aliphatic hydroxyl groups is 1. The normalized spacial score (nSPS) is 14.8. The Hall–Kier alpha value is -1.94. The van der Waals surface area contributed by atoms with Crippen LogP contribution in [0.2, 0.25) is 0 Å². The molecule has 0 aliphatic carbocycles. The topological polar surface area (TPSA) is 237 Å². The summed E-state index contributed by atoms with van der Waals surface area (Å²) in [4.78, 5) is 73.1. The molecule has 0 amide bonds. The Kier molecular flexibility index (Phi) is 68.7. The fourth-order valence-corrected chi connectivity index (χ4v) is 13.9. The van der Waals surface area contributed by atoms with Crippen molar-refractivity contribution in [1.29, 1.82) is 0 Å². The number of hydrogen-bond donors (Lipinski definition) is 3. The number of carbonyl (C=O) groups excluding carboxylic acids is 4. The van der Waals surface area contributed by atoms with E-state index < -0.39 is 97.5 Å². The van der Waals surface area contributed by atoms with Gasteiger partial charge in [-0.15, -0.1) is 0 Å². The molecule has 0 aromatic carbocycles. The summed E-state index contributed by atoms with van der Waals surface area (Å²) in [6.07, 6.45) is 56.6. The first kappa shape index (κ1) is 98.1. The minimum Gasteiger partial charge on any atom is -0.462 e. The summed E-state index contributed by atoms with van der Waals surface area (Å²) < 4.78 is 68.8. The van der Waals surface area contributed by atoms with Crippen LogP contribution in [-0.4, -0.2) is 96.7 Å². The third-order valence-corrected chi connectivity index (χ3v) is 21.8. The molecule has 5 unspecified atom stereocenters. The fourth-order valence-electron chi connectivity index (χ4n) is 12.3. The van der Waals surface area contributed by atoms with Crippen LogP contribution >= 0.6 is 15.6 Å². The van der Waals surface area contributed by atoms with Crippen LogP contribution in [0.4, 0.5) is 0 Å². The van der Waals surface area contributed by atoms with Gasteiger partial charge in [-0.1, -0.05) is 364 Å². The molecule has 0 bridgehead atoms. The molecule has 0 rings (SSSR count). The highest BCUT2D eigenvalue weighted by atomic mass is 31.2. The monoisotopic (exact) mass is 1470 g/mol. The zero-order chi connectivity index (χ0) is 73.8. The highest BCUT2D eigenvalue weighted by Crippen LogP contribution is 2.45. The van der Waals surface area contributed by atoms with Crippen LogP contribution in [0, 0.1) is 23.7 Å². The summed E-state index contributed by atoms with van der Waals surface area (Å²) in [6.45, 7) is 14.3. The van der Waals surface area contributed by atoms with Gasteiger partial charge in [0, 0.05) is 25.7 Å². The second-order valence-corrected chi connectivity index (χ2v) is 33.3. The SMILES string of the molecule is CCC(C)CCCCCCCCCCCCCCCCC(=O)O[C@H](COC(=O)CCCCCCCCCCCCCCCC(C)C)COP(=O)(O)OC[C@@H](O)COP(=O)(O)OC[C@@H](COC(=O)CCCCCCCCCCC(C)CC)OC(=O)CCCCCCCCCCCCC(C)CC. The Morgan fingerprint density at radius 3 is 0.710 bits per heavy atom. The summed E-state index contributed by atoms with van der Waals surface area (Å²) in [6, 6.07) is 0. The van der Waals surface area contributed by atoms with Gasteiger partial charge in [-0.25, -0.2) is 9.13 Å². The molecule has 0 aromatic rings. The predicted molar refractivity (Wildman–Crippen MR) is 409 cm³/mol. The lowest BCUT2D eigenvalue weighted by molar-refractivity contribution is -0.161. The summed E-state index contributed by atoms with van der Waals surface area (Å²) >= 11 is 0. The van der Waals surface area contributed by atoms with E-state index in [4.69, 9.17) is 37.0 Å². The van der Waals surface area contributed by atoms with Crippen molar-refractivity contribution >= 4 is 39.5 Å². The van der Waals surface area contributed by atoms with Crippen molar-refractivity contribution in [2.75, 3.05) is 39.6 Å². The van der Waals surface area contributed by atoms with Gasteiger partial charge in [0.25, 0.3) is 0 Å². The molecule has 19 heteroatoms. The first-order valence-corrected chi connectivity index (χ1v) is 44.8. The van der Waals surface area contributed by atoms with E-state index in [0.29, 0.717) is 25.7 Å². The first-order valence-electron chi connectivity index (χ1n) is 41.8. The molecule has 0 fully saturated rings. The van der Waals surface area contributed by atoms with E-state index in [-0.39, 0.29) is 25.7 Å². The number of aliphatic hydroxyl groups excluding tert-OH is 1. The molecule has 100 heavy (non-hydrogen) atoms. The van der Waals surface area contributed by atoms with E-state index in [1.54, 1.807) is 0 Å². The molecular formula is C81H158O17P2. The molecule has 0 saturated carbocycles. The van der Waals surface area contributed by atoms with E-state index in [2.05, 4.69) is 55.4 Å². The second kappa shape index (κ2) is 70.1. The maximum Gasteiger partial charge on any atom is 0.472 e. The van der Waals surface area contributed by atoms with Gasteiger partial charge in [-0.05, 0) is 49.4 Å². The van der Waals surface area contributed by atoms with E-state index in [9.17, 15) is 43.2 Å². The molecule has 0 aliphatic rings. The van der Waals surface area contributed by atoms with Crippen LogP contribution in [-0.2, 0) is 65.4 Å². The Morgan fingerprint density at radius 2 is 0.480 bits per heavy atom. The molecule has 0 spiro atoms. The van der Waals surface area contributed by atoms with Crippen LogP contribution in [0.15, 0.2) is 0 Å². The smallest absolute Gasteiger partial charge is 0.462 e. The summed E-state index contributed by atoms with van der Waals surface area (Å²) in [5.74, 6) is 1.10. The number of phosphoric ester groups is 2. The Bertz CT molecular complexity index is 1960.